The summed E-state index contributed by atoms with van der Waals surface area (Å²) in [7, 11) is -3.93. The number of para-hydroxylation sites is 2. The van der Waals surface area contributed by atoms with Crippen molar-refractivity contribution in [1.82, 2.24) is 0 Å². The molecule has 1 aliphatic rings. The summed E-state index contributed by atoms with van der Waals surface area (Å²) in [5.74, 6) is -0.0964. The Hall–Kier alpha value is -2.30. The fourth-order valence-corrected chi connectivity index (χ4v) is 5.53. The van der Waals surface area contributed by atoms with Gasteiger partial charge in [-0.2, -0.15) is 0 Å². The van der Waals surface area contributed by atoms with Gasteiger partial charge in [-0.05, 0) is 89.7 Å². The lowest BCUT2D eigenvalue weighted by molar-refractivity contribution is -0.122. The maximum atomic E-state index is 13.4. The SMILES string of the molecule is Cc1cc(I)ccc1NC(=O)[C@H]1CN(S(=O)(=O)c2ccc(Cl)cc2)c2ccccc2O1. The van der Waals surface area contributed by atoms with Crippen molar-refractivity contribution in [3.63, 3.8) is 0 Å². The Kier molecular flexibility index (Phi) is 6.14. The number of aryl methyl sites for hydroxylation is 1. The predicted molar refractivity (Wildman–Crippen MR) is 129 cm³/mol. The molecule has 0 spiro atoms. The van der Waals surface area contributed by atoms with Crippen LogP contribution in [0.15, 0.2) is 71.6 Å². The number of ether oxygens (including phenoxy) is 1. The number of amides is 1. The van der Waals surface area contributed by atoms with Crippen molar-refractivity contribution in [3.05, 3.63) is 80.9 Å². The van der Waals surface area contributed by atoms with E-state index >= 15 is 0 Å². The van der Waals surface area contributed by atoms with Crippen molar-refractivity contribution in [2.75, 3.05) is 16.2 Å². The molecule has 1 aliphatic heterocycles. The van der Waals surface area contributed by atoms with Gasteiger partial charge in [-0.3, -0.25) is 9.10 Å². The second kappa shape index (κ2) is 8.68. The molecule has 0 saturated heterocycles. The summed E-state index contributed by atoms with van der Waals surface area (Å²) in [5.41, 5.74) is 1.94. The standard InChI is InChI=1S/C22H18ClIN2O4S/c1-14-12-16(24)8-11-18(14)25-22(27)21-13-26(19-4-2-3-5-20(19)30-21)31(28,29)17-9-6-15(23)7-10-17/h2-12,21H,13H2,1H3,(H,25,27)/t21-/m1/s1. The number of carbonyl (C=O) groups is 1. The molecule has 31 heavy (non-hydrogen) atoms. The van der Waals surface area contributed by atoms with Gasteiger partial charge in [0, 0.05) is 14.3 Å². The lowest BCUT2D eigenvalue weighted by atomic mass is 10.2. The number of hydrogen-bond acceptors (Lipinski definition) is 4. The first-order valence-electron chi connectivity index (χ1n) is 9.37. The van der Waals surface area contributed by atoms with E-state index in [-0.39, 0.29) is 11.4 Å². The highest BCUT2D eigenvalue weighted by Crippen LogP contribution is 2.37. The van der Waals surface area contributed by atoms with E-state index in [4.69, 9.17) is 16.3 Å². The van der Waals surface area contributed by atoms with Crippen molar-refractivity contribution < 1.29 is 17.9 Å². The summed E-state index contributed by atoms with van der Waals surface area (Å²) in [6.07, 6.45) is -1.02. The van der Waals surface area contributed by atoms with Gasteiger partial charge in [-0.25, -0.2) is 8.42 Å². The Morgan fingerprint density at radius 1 is 1.13 bits per heavy atom. The Bertz CT molecular complexity index is 1250. The summed E-state index contributed by atoms with van der Waals surface area (Å²) >= 11 is 8.11. The highest BCUT2D eigenvalue weighted by atomic mass is 127. The minimum atomic E-state index is -3.93. The van der Waals surface area contributed by atoms with Crippen LogP contribution in [-0.4, -0.2) is 27.0 Å². The Morgan fingerprint density at radius 3 is 2.55 bits per heavy atom. The molecule has 3 aromatic rings. The third-order valence-electron chi connectivity index (χ3n) is 4.88. The van der Waals surface area contributed by atoms with E-state index in [0.717, 1.165) is 9.13 Å². The molecule has 1 atom stereocenters. The van der Waals surface area contributed by atoms with Crippen molar-refractivity contribution in [2.45, 2.75) is 17.9 Å². The zero-order valence-electron chi connectivity index (χ0n) is 16.4. The summed E-state index contributed by atoms with van der Waals surface area (Å²) < 4.78 is 34.9. The van der Waals surface area contributed by atoms with E-state index in [1.54, 1.807) is 24.3 Å². The number of fused-ring (bicyclic) bond motifs is 1. The third-order valence-corrected chi connectivity index (χ3v) is 7.59. The first-order chi connectivity index (χ1) is 14.8. The average Bonchev–Trinajstić information content (AvgIpc) is 2.75. The molecule has 1 N–H and O–H groups in total. The fraction of sp³-hybridized carbons (Fsp3) is 0.136. The van der Waals surface area contributed by atoms with Gasteiger partial charge in [0.15, 0.2) is 6.10 Å². The van der Waals surface area contributed by atoms with Crippen LogP contribution in [0, 0.1) is 10.5 Å². The quantitative estimate of drug-likeness (QED) is 0.457. The van der Waals surface area contributed by atoms with Gasteiger partial charge in [0.25, 0.3) is 15.9 Å². The largest absolute Gasteiger partial charge is 0.476 e. The molecular formula is C22H18ClIN2O4S. The fourth-order valence-electron chi connectivity index (χ4n) is 3.28. The molecule has 0 saturated carbocycles. The van der Waals surface area contributed by atoms with Gasteiger partial charge in [0.05, 0.1) is 17.1 Å². The molecule has 0 aromatic heterocycles. The smallest absolute Gasteiger partial charge is 0.267 e. The molecule has 0 fully saturated rings. The van der Waals surface area contributed by atoms with E-state index in [2.05, 4.69) is 27.9 Å². The van der Waals surface area contributed by atoms with Crippen LogP contribution in [0.25, 0.3) is 0 Å². The predicted octanol–water partition coefficient (Wildman–Crippen LogP) is 4.85. The van der Waals surface area contributed by atoms with Gasteiger partial charge in [-0.1, -0.05) is 23.7 Å². The van der Waals surface area contributed by atoms with Gasteiger partial charge < -0.3 is 10.1 Å². The summed E-state index contributed by atoms with van der Waals surface area (Å²) in [6.45, 7) is 1.74. The number of nitrogens with zero attached hydrogens (tertiary/aromatic N) is 1. The second-order valence-corrected chi connectivity index (χ2v) is 10.6. The minimum absolute atomic E-state index is 0.0845. The molecule has 1 amide bonds. The lowest BCUT2D eigenvalue weighted by Crippen LogP contribution is -2.48. The van der Waals surface area contributed by atoms with Crippen LogP contribution in [-0.2, 0) is 14.8 Å². The first kappa shape index (κ1) is 21.9. The van der Waals surface area contributed by atoms with Crippen LogP contribution in [0.2, 0.25) is 5.02 Å². The number of halogens is 2. The van der Waals surface area contributed by atoms with Crippen LogP contribution in [0.5, 0.6) is 5.75 Å². The monoisotopic (exact) mass is 568 g/mol. The molecular weight excluding hydrogens is 551 g/mol. The van der Waals surface area contributed by atoms with Crippen LogP contribution >= 0.6 is 34.2 Å². The highest BCUT2D eigenvalue weighted by molar-refractivity contribution is 14.1. The van der Waals surface area contributed by atoms with Crippen molar-refractivity contribution >= 4 is 61.5 Å². The van der Waals surface area contributed by atoms with Crippen molar-refractivity contribution in [3.8, 4) is 5.75 Å². The molecule has 0 unspecified atom stereocenters. The number of carbonyl (C=O) groups excluding carboxylic acids is 1. The number of sulfonamides is 1. The van der Waals surface area contributed by atoms with Gasteiger partial charge in [0.1, 0.15) is 5.75 Å². The normalized spacial score (nSPS) is 15.7. The van der Waals surface area contributed by atoms with E-state index in [0.29, 0.717) is 22.1 Å². The van der Waals surface area contributed by atoms with Crippen LogP contribution < -0.4 is 14.4 Å². The van der Waals surface area contributed by atoms with E-state index in [1.165, 1.54) is 28.6 Å². The van der Waals surface area contributed by atoms with Gasteiger partial charge in [0.2, 0.25) is 0 Å². The van der Waals surface area contributed by atoms with Gasteiger partial charge in [-0.15, -0.1) is 0 Å². The maximum absolute atomic E-state index is 13.4. The molecule has 3 aromatic carbocycles. The topological polar surface area (TPSA) is 75.7 Å². The Morgan fingerprint density at radius 2 is 1.84 bits per heavy atom. The number of hydrogen-bond donors (Lipinski definition) is 1. The summed E-state index contributed by atoms with van der Waals surface area (Å²) in [6, 6.07) is 18.3. The van der Waals surface area contributed by atoms with Crippen LogP contribution in [0.3, 0.4) is 0 Å². The highest BCUT2D eigenvalue weighted by Gasteiger charge is 2.37. The third kappa shape index (κ3) is 4.51. The van der Waals surface area contributed by atoms with Gasteiger partial charge >= 0.3 is 0 Å². The molecule has 0 aliphatic carbocycles. The van der Waals surface area contributed by atoms with E-state index in [1.807, 2.05) is 25.1 Å². The Balaban J connectivity index is 1.67. The van der Waals surface area contributed by atoms with E-state index < -0.39 is 22.0 Å². The molecule has 0 radical (unpaired) electrons. The zero-order chi connectivity index (χ0) is 22.2. The zero-order valence-corrected chi connectivity index (χ0v) is 20.1. The number of nitrogens with one attached hydrogen (secondary N) is 1. The van der Waals surface area contributed by atoms with Crippen molar-refractivity contribution in [2.24, 2.45) is 0 Å². The molecule has 4 rings (SSSR count). The Labute approximate surface area is 199 Å². The summed E-state index contributed by atoms with van der Waals surface area (Å²) in [5, 5.41) is 3.29. The lowest BCUT2D eigenvalue weighted by Gasteiger charge is -2.34. The maximum Gasteiger partial charge on any atom is 0.267 e. The number of rotatable bonds is 4. The average molecular weight is 569 g/mol. The van der Waals surface area contributed by atoms with E-state index in [9.17, 15) is 13.2 Å². The molecule has 1 heterocycles. The first-order valence-corrected chi connectivity index (χ1v) is 12.3. The molecule has 0 bridgehead atoms. The molecule has 160 valence electrons. The minimum Gasteiger partial charge on any atom is -0.476 e. The number of anilines is 2. The van der Waals surface area contributed by atoms with Crippen LogP contribution in [0.1, 0.15) is 5.56 Å². The second-order valence-electron chi connectivity index (χ2n) is 7.01. The van der Waals surface area contributed by atoms with Crippen molar-refractivity contribution in [1.29, 1.82) is 0 Å². The number of benzene rings is 3. The summed E-state index contributed by atoms with van der Waals surface area (Å²) in [4.78, 5) is 13.1. The molecule has 6 nitrogen and oxygen atoms in total. The molecule has 9 heteroatoms. The van der Waals surface area contributed by atoms with Crippen LogP contribution in [0.4, 0.5) is 11.4 Å².